The highest BCUT2D eigenvalue weighted by Gasteiger charge is 2.15. The van der Waals surface area contributed by atoms with Crippen molar-refractivity contribution < 1.29 is 8.78 Å². The predicted octanol–water partition coefficient (Wildman–Crippen LogP) is 4.17. The fourth-order valence-electron chi connectivity index (χ4n) is 2.00. The molecule has 100 valence electrons. The van der Waals surface area contributed by atoms with Crippen LogP contribution in [0.4, 0.5) is 8.78 Å². The van der Waals surface area contributed by atoms with Crippen LogP contribution in [-0.4, -0.2) is 0 Å². The maximum Gasteiger partial charge on any atom is 0.130 e. The van der Waals surface area contributed by atoms with E-state index in [0.29, 0.717) is 21.7 Å². The molecule has 0 saturated carbocycles. The van der Waals surface area contributed by atoms with Gasteiger partial charge >= 0.3 is 0 Å². The fourth-order valence-corrected chi connectivity index (χ4v) is 2.20. The summed E-state index contributed by atoms with van der Waals surface area (Å²) in [5.41, 5.74) is 7.27. The van der Waals surface area contributed by atoms with Gasteiger partial charge in [-0.25, -0.2) is 8.78 Å². The monoisotopic (exact) mass is 281 g/mol. The Bertz CT molecular complexity index is 599. The number of aryl methyl sites for hydroxylation is 1. The molecule has 1 unspecified atom stereocenters. The molecule has 2 aromatic rings. The number of hydrogen-bond donors (Lipinski definition) is 1. The number of nitrogens with two attached hydrogens (primary N) is 1. The second kappa shape index (κ2) is 5.68. The molecule has 1 nitrogen and oxygen atoms in total. The summed E-state index contributed by atoms with van der Waals surface area (Å²) in [5.74, 6) is -0.717. The summed E-state index contributed by atoms with van der Waals surface area (Å²) < 4.78 is 27.6. The summed E-state index contributed by atoms with van der Waals surface area (Å²) >= 11 is 5.82. The summed E-state index contributed by atoms with van der Waals surface area (Å²) in [6.45, 7) is 1.67. The topological polar surface area (TPSA) is 26.0 Å². The Morgan fingerprint density at radius 2 is 1.95 bits per heavy atom. The first-order valence-corrected chi connectivity index (χ1v) is 6.31. The van der Waals surface area contributed by atoms with Gasteiger partial charge in [0.1, 0.15) is 11.6 Å². The lowest BCUT2D eigenvalue weighted by atomic mass is 9.97. The van der Waals surface area contributed by atoms with E-state index in [4.69, 9.17) is 17.3 Å². The van der Waals surface area contributed by atoms with Gasteiger partial charge in [0.2, 0.25) is 0 Å². The van der Waals surface area contributed by atoms with Gasteiger partial charge in [-0.15, -0.1) is 0 Å². The first kappa shape index (κ1) is 14.0. The maximum atomic E-state index is 13.9. The van der Waals surface area contributed by atoms with Gasteiger partial charge in [-0.2, -0.15) is 0 Å². The number of halogens is 3. The summed E-state index contributed by atoms with van der Waals surface area (Å²) in [6.07, 6.45) is 0.201. The minimum absolute atomic E-state index is 0.201. The number of rotatable bonds is 3. The summed E-state index contributed by atoms with van der Waals surface area (Å²) in [7, 11) is 0. The highest BCUT2D eigenvalue weighted by atomic mass is 35.5. The highest BCUT2D eigenvalue weighted by molar-refractivity contribution is 6.30. The Labute approximate surface area is 116 Å². The van der Waals surface area contributed by atoms with Crippen LogP contribution in [0.2, 0.25) is 5.02 Å². The predicted molar refractivity (Wildman–Crippen MR) is 73.2 cm³/mol. The van der Waals surface area contributed by atoms with Gasteiger partial charge in [0, 0.05) is 16.6 Å². The Morgan fingerprint density at radius 3 is 2.68 bits per heavy atom. The Morgan fingerprint density at radius 1 is 1.21 bits per heavy atom. The molecule has 0 bridgehead atoms. The van der Waals surface area contributed by atoms with E-state index in [9.17, 15) is 8.78 Å². The third kappa shape index (κ3) is 3.11. The molecule has 0 aliphatic carbocycles. The Balaban J connectivity index is 2.28. The molecular formula is C15H14ClF2N. The lowest BCUT2D eigenvalue weighted by Crippen LogP contribution is -2.16. The Kier molecular flexibility index (Phi) is 4.17. The van der Waals surface area contributed by atoms with E-state index in [2.05, 4.69) is 0 Å². The third-order valence-electron chi connectivity index (χ3n) is 3.07. The van der Waals surface area contributed by atoms with Crippen molar-refractivity contribution in [3.8, 4) is 0 Å². The molecule has 0 aromatic heterocycles. The van der Waals surface area contributed by atoms with Crippen LogP contribution in [0.5, 0.6) is 0 Å². The van der Waals surface area contributed by atoms with Crippen LogP contribution in [0.3, 0.4) is 0 Å². The van der Waals surface area contributed by atoms with Gasteiger partial charge in [0.15, 0.2) is 0 Å². The van der Waals surface area contributed by atoms with Crippen LogP contribution < -0.4 is 5.73 Å². The molecule has 2 rings (SSSR count). The van der Waals surface area contributed by atoms with Gasteiger partial charge in [0.25, 0.3) is 0 Å². The molecule has 2 N–H and O–H groups in total. The van der Waals surface area contributed by atoms with Gasteiger partial charge in [-0.3, -0.25) is 0 Å². The Hall–Kier alpha value is -1.45. The lowest BCUT2D eigenvalue weighted by Gasteiger charge is -2.15. The van der Waals surface area contributed by atoms with Crippen molar-refractivity contribution >= 4 is 11.6 Å². The third-order valence-corrected chi connectivity index (χ3v) is 3.30. The van der Waals surface area contributed by atoms with Crippen LogP contribution in [-0.2, 0) is 6.42 Å². The maximum absolute atomic E-state index is 13.9. The van der Waals surface area contributed by atoms with Crippen LogP contribution in [0.15, 0.2) is 36.4 Å². The van der Waals surface area contributed by atoms with Crippen molar-refractivity contribution in [2.75, 3.05) is 0 Å². The van der Waals surface area contributed by atoms with Crippen molar-refractivity contribution in [1.29, 1.82) is 0 Å². The second-order valence-corrected chi connectivity index (χ2v) is 4.96. The van der Waals surface area contributed by atoms with Crippen molar-refractivity contribution in [1.82, 2.24) is 0 Å². The minimum Gasteiger partial charge on any atom is -0.324 e. The zero-order valence-electron chi connectivity index (χ0n) is 10.5. The van der Waals surface area contributed by atoms with Gasteiger partial charge in [0.05, 0.1) is 0 Å². The fraction of sp³-hybridized carbons (Fsp3) is 0.200. The quantitative estimate of drug-likeness (QED) is 0.898. The molecule has 0 aliphatic rings. The van der Waals surface area contributed by atoms with E-state index < -0.39 is 6.04 Å². The van der Waals surface area contributed by atoms with Crippen LogP contribution >= 0.6 is 11.6 Å². The zero-order chi connectivity index (χ0) is 14.0. The first-order valence-electron chi connectivity index (χ1n) is 5.93. The first-order chi connectivity index (χ1) is 8.99. The lowest BCUT2D eigenvalue weighted by molar-refractivity contribution is 0.559. The van der Waals surface area contributed by atoms with Crippen molar-refractivity contribution in [3.63, 3.8) is 0 Å². The summed E-state index contributed by atoms with van der Waals surface area (Å²) in [5, 5.41) is 0.438. The van der Waals surface area contributed by atoms with Crippen LogP contribution in [0, 0.1) is 18.6 Å². The van der Waals surface area contributed by atoms with Crippen molar-refractivity contribution in [3.05, 3.63) is 69.7 Å². The molecular weight excluding hydrogens is 268 g/mol. The van der Waals surface area contributed by atoms with Gasteiger partial charge in [-0.05, 0) is 42.7 Å². The van der Waals surface area contributed by atoms with E-state index in [1.165, 1.54) is 18.2 Å². The zero-order valence-corrected chi connectivity index (χ0v) is 11.2. The smallest absolute Gasteiger partial charge is 0.130 e. The van der Waals surface area contributed by atoms with Crippen molar-refractivity contribution in [2.45, 2.75) is 19.4 Å². The molecule has 2 aromatic carbocycles. The molecule has 4 heteroatoms. The minimum atomic E-state index is -0.604. The van der Waals surface area contributed by atoms with E-state index in [-0.39, 0.29) is 18.1 Å². The molecule has 19 heavy (non-hydrogen) atoms. The molecule has 0 fully saturated rings. The van der Waals surface area contributed by atoms with Crippen molar-refractivity contribution in [2.24, 2.45) is 5.73 Å². The summed E-state index contributed by atoms with van der Waals surface area (Å²) in [4.78, 5) is 0. The molecule has 0 heterocycles. The van der Waals surface area contributed by atoms with E-state index >= 15 is 0 Å². The highest BCUT2D eigenvalue weighted by Crippen LogP contribution is 2.24. The average molecular weight is 282 g/mol. The van der Waals surface area contributed by atoms with Crippen LogP contribution in [0.25, 0.3) is 0 Å². The number of hydrogen-bond acceptors (Lipinski definition) is 1. The average Bonchev–Trinajstić information content (AvgIpc) is 2.37. The van der Waals surface area contributed by atoms with Gasteiger partial charge < -0.3 is 5.73 Å². The normalized spacial score (nSPS) is 12.5. The van der Waals surface area contributed by atoms with E-state index in [1.807, 2.05) is 0 Å². The molecule has 0 amide bonds. The summed E-state index contributed by atoms with van der Waals surface area (Å²) in [6, 6.07) is 8.71. The molecule has 0 radical (unpaired) electrons. The number of benzene rings is 2. The molecule has 0 saturated heterocycles. The SMILES string of the molecule is Cc1cccc(C(N)Cc2cc(Cl)ccc2F)c1F. The van der Waals surface area contributed by atoms with Gasteiger partial charge in [-0.1, -0.05) is 29.8 Å². The second-order valence-electron chi connectivity index (χ2n) is 4.52. The molecule has 0 spiro atoms. The van der Waals surface area contributed by atoms with E-state index in [0.717, 1.165) is 0 Å². The standard InChI is InChI=1S/C15H14ClF2N/c1-9-3-2-4-12(15(9)18)14(19)8-10-7-11(16)5-6-13(10)17/h2-7,14H,8,19H2,1H3. The molecule has 0 aliphatic heterocycles. The van der Waals surface area contributed by atoms with Crippen LogP contribution in [0.1, 0.15) is 22.7 Å². The van der Waals surface area contributed by atoms with E-state index in [1.54, 1.807) is 25.1 Å². The largest absolute Gasteiger partial charge is 0.324 e. The molecule has 1 atom stereocenters.